The Labute approximate surface area is 220 Å². The van der Waals surface area contributed by atoms with Crippen molar-refractivity contribution < 1.29 is 23.5 Å². The number of hydrogen-bond donors (Lipinski definition) is 0. The maximum absolute atomic E-state index is 13.5. The monoisotopic (exact) mass is 523 g/mol. The van der Waals surface area contributed by atoms with E-state index in [9.17, 15) is 9.59 Å². The number of furan rings is 1. The highest BCUT2D eigenvalue weighted by Crippen LogP contribution is 2.56. The molecule has 2 aromatic rings. The number of carbonyl (C=O) groups is 2. The van der Waals surface area contributed by atoms with E-state index in [0.717, 1.165) is 17.4 Å². The van der Waals surface area contributed by atoms with Crippen LogP contribution in [-0.4, -0.2) is 40.9 Å². The Kier molecular flexibility index (Phi) is 6.20. The van der Waals surface area contributed by atoms with Crippen LogP contribution >= 0.6 is 24.0 Å². The highest BCUT2D eigenvalue weighted by Gasteiger charge is 2.53. The zero-order valence-electron chi connectivity index (χ0n) is 20.4. The number of carbonyl (C=O) groups excluding carboxylic acids is 2. The molecule has 1 aromatic carbocycles. The molecular weight excluding hydrogens is 494 g/mol. The van der Waals surface area contributed by atoms with Gasteiger partial charge in [0.2, 0.25) is 0 Å². The van der Waals surface area contributed by atoms with E-state index in [2.05, 4.69) is 0 Å². The largest absolute Gasteiger partial charge is 0.496 e. The summed E-state index contributed by atoms with van der Waals surface area (Å²) in [6.45, 7) is 2.04. The van der Waals surface area contributed by atoms with Gasteiger partial charge < -0.3 is 13.9 Å². The van der Waals surface area contributed by atoms with Crippen LogP contribution in [0.4, 0.5) is 0 Å². The van der Waals surface area contributed by atoms with Gasteiger partial charge in [0.25, 0.3) is 5.91 Å². The molecule has 0 atom stereocenters. The summed E-state index contributed by atoms with van der Waals surface area (Å²) in [5, 5.41) is 0. The number of ether oxygens (including phenoxy) is 2. The lowest BCUT2D eigenvalue weighted by atomic mass is 9.54. The number of nitrogens with zero attached hydrogens (tertiary/aromatic N) is 1. The van der Waals surface area contributed by atoms with Crippen LogP contribution in [0, 0.1) is 23.7 Å². The first-order valence-electron chi connectivity index (χ1n) is 12.7. The lowest BCUT2D eigenvalue weighted by molar-refractivity contribution is -0.130. The van der Waals surface area contributed by atoms with Crippen molar-refractivity contribution in [1.29, 1.82) is 0 Å². The molecule has 5 fully saturated rings. The van der Waals surface area contributed by atoms with E-state index in [1.807, 2.05) is 23.1 Å². The first-order chi connectivity index (χ1) is 17.4. The van der Waals surface area contributed by atoms with Gasteiger partial charge in [0.1, 0.15) is 27.2 Å². The standard InChI is InChI=1S/C28H29NO5S2/c1-3-33-27(31)21-13-17(4-6-23(21)32-2)22-7-5-20(34-22)14-24-26(30)29(28(35)36-24)25-18-9-15-8-16(11-18)12-19(25)10-15/h4-7,13-16,18-19,25H,3,8-12H2,1-2H3/b24-14-. The Morgan fingerprint density at radius 1 is 1.14 bits per heavy atom. The molecule has 36 heavy (non-hydrogen) atoms. The Hall–Kier alpha value is -2.58. The average molecular weight is 524 g/mol. The third kappa shape index (κ3) is 4.08. The molecule has 8 heteroatoms. The van der Waals surface area contributed by atoms with Crippen molar-refractivity contribution in [2.45, 2.75) is 45.1 Å². The predicted molar refractivity (Wildman–Crippen MR) is 142 cm³/mol. The van der Waals surface area contributed by atoms with E-state index in [1.54, 1.807) is 25.1 Å². The van der Waals surface area contributed by atoms with Crippen LogP contribution in [-0.2, 0) is 9.53 Å². The second-order valence-corrected chi connectivity index (χ2v) is 12.0. The molecule has 0 spiro atoms. The fourth-order valence-corrected chi connectivity index (χ4v) is 8.33. The van der Waals surface area contributed by atoms with Crippen LogP contribution < -0.4 is 4.74 Å². The number of methoxy groups -OCH3 is 1. The fourth-order valence-electron chi connectivity index (χ4n) is 7.00. The fraction of sp³-hybridized carbons (Fsp3) is 0.464. The third-order valence-corrected chi connectivity index (χ3v) is 9.51. The van der Waals surface area contributed by atoms with Crippen LogP contribution in [0.3, 0.4) is 0 Å². The van der Waals surface area contributed by atoms with Crippen molar-refractivity contribution in [2.75, 3.05) is 13.7 Å². The molecule has 0 unspecified atom stereocenters. The third-order valence-electron chi connectivity index (χ3n) is 8.18. The zero-order valence-corrected chi connectivity index (χ0v) is 22.0. The van der Waals surface area contributed by atoms with E-state index in [1.165, 1.54) is 51.0 Å². The summed E-state index contributed by atoms with van der Waals surface area (Å²) in [6.07, 6.45) is 8.13. The van der Waals surface area contributed by atoms with Gasteiger partial charge in [-0.05, 0) is 93.0 Å². The van der Waals surface area contributed by atoms with Crippen molar-refractivity contribution in [3.8, 4) is 17.1 Å². The molecule has 1 amide bonds. The number of thioether (sulfide) groups is 1. The number of esters is 1. The first-order valence-corrected chi connectivity index (χ1v) is 13.9. The Morgan fingerprint density at radius 3 is 2.53 bits per heavy atom. The molecule has 1 saturated heterocycles. The number of thiocarbonyl (C=S) groups is 1. The molecule has 6 nitrogen and oxygen atoms in total. The lowest BCUT2D eigenvalue weighted by Crippen LogP contribution is -2.57. The minimum Gasteiger partial charge on any atom is -0.496 e. The van der Waals surface area contributed by atoms with Gasteiger partial charge >= 0.3 is 5.97 Å². The molecule has 5 aliphatic rings. The Balaban J connectivity index is 1.23. The molecular formula is C28H29NO5S2. The van der Waals surface area contributed by atoms with E-state index < -0.39 is 5.97 Å². The molecule has 0 radical (unpaired) electrons. The van der Waals surface area contributed by atoms with E-state index in [4.69, 9.17) is 26.1 Å². The van der Waals surface area contributed by atoms with Gasteiger partial charge in [0.05, 0.1) is 18.6 Å². The quantitative estimate of drug-likeness (QED) is 0.255. The summed E-state index contributed by atoms with van der Waals surface area (Å²) in [6, 6.07) is 9.17. The summed E-state index contributed by atoms with van der Waals surface area (Å²) >= 11 is 7.09. The number of rotatable bonds is 6. The number of hydrogen-bond acceptors (Lipinski definition) is 7. The molecule has 0 N–H and O–H groups in total. The van der Waals surface area contributed by atoms with Gasteiger partial charge in [-0.25, -0.2) is 4.79 Å². The molecule has 4 aliphatic carbocycles. The van der Waals surface area contributed by atoms with Crippen LogP contribution in [0.5, 0.6) is 5.75 Å². The Morgan fingerprint density at radius 2 is 1.86 bits per heavy atom. The molecule has 188 valence electrons. The van der Waals surface area contributed by atoms with Crippen molar-refractivity contribution in [3.05, 3.63) is 46.6 Å². The molecule has 7 rings (SSSR count). The lowest BCUT2D eigenvalue weighted by Gasteiger charge is -2.56. The predicted octanol–water partition coefficient (Wildman–Crippen LogP) is 6.16. The van der Waals surface area contributed by atoms with Gasteiger partial charge in [-0.3, -0.25) is 9.69 Å². The van der Waals surface area contributed by atoms with Gasteiger partial charge in [0.15, 0.2) is 0 Å². The van der Waals surface area contributed by atoms with Crippen molar-refractivity contribution in [1.82, 2.24) is 4.90 Å². The minimum atomic E-state index is -0.448. The summed E-state index contributed by atoms with van der Waals surface area (Å²) in [5.41, 5.74) is 1.06. The van der Waals surface area contributed by atoms with Crippen molar-refractivity contribution >= 4 is 46.3 Å². The molecule has 1 aliphatic heterocycles. The molecule has 1 aromatic heterocycles. The second kappa shape index (κ2) is 9.38. The smallest absolute Gasteiger partial charge is 0.341 e. The van der Waals surface area contributed by atoms with Gasteiger partial charge in [-0.2, -0.15) is 0 Å². The van der Waals surface area contributed by atoms with Crippen LogP contribution in [0.2, 0.25) is 0 Å². The highest BCUT2D eigenvalue weighted by atomic mass is 32.2. The highest BCUT2D eigenvalue weighted by molar-refractivity contribution is 8.26. The van der Waals surface area contributed by atoms with Crippen LogP contribution in [0.1, 0.15) is 55.1 Å². The maximum Gasteiger partial charge on any atom is 0.341 e. The van der Waals surface area contributed by atoms with Crippen LogP contribution in [0.15, 0.2) is 39.7 Å². The van der Waals surface area contributed by atoms with E-state index >= 15 is 0 Å². The number of amides is 1. The SMILES string of the molecule is CCOC(=O)c1cc(-c2ccc(/C=C3\SC(=S)N(C4C5CC6CC(C5)CC4C6)C3=O)o2)ccc1OC. The minimum absolute atomic E-state index is 0.00877. The molecule has 4 saturated carbocycles. The number of benzene rings is 1. The van der Waals surface area contributed by atoms with Gasteiger partial charge in [-0.15, -0.1) is 0 Å². The molecule has 2 heterocycles. The van der Waals surface area contributed by atoms with Gasteiger partial charge in [-0.1, -0.05) is 24.0 Å². The molecule has 4 bridgehead atoms. The Bertz CT molecular complexity index is 1240. The van der Waals surface area contributed by atoms with Gasteiger partial charge in [0, 0.05) is 17.7 Å². The second-order valence-electron chi connectivity index (χ2n) is 10.3. The average Bonchev–Trinajstić information content (AvgIpc) is 3.43. The topological polar surface area (TPSA) is 69.0 Å². The normalized spacial score (nSPS) is 29.9. The van der Waals surface area contributed by atoms with Crippen LogP contribution in [0.25, 0.3) is 17.4 Å². The summed E-state index contributed by atoms with van der Waals surface area (Å²) in [5.74, 6) is 4.03. The summed E-state index contributed by atoms with van der Waals surface area (Å²) < 4.78 is 17.2. The van der Waals surface area contributed by atoms with E-state index in [-0.39, 0.29) is 18.6 Å². The van der Waals surface area contributed by atoms with E-state index in [0.29, 0.717) is 43.9 Å². The van der Waals surface area contributed by atoms with Crippen molar-refractivity contribution in [3.63, 3.8) is 0 Å². The maximum atomic E-state index is 13.5. The van der Waals surface area contributed by atoms with Crippen molar-refractivity contribution in [2.24, 2.45) is 23.7 Å². The zero-order chi connectivity index (χ0) is 25.0. The first kappa shape index (κ1) is 23.8. The summed E-state index contributed by atoms with van der Waals surface area (Å²) in [7, 11) is 1.52. The summed E-state index contributed by atoms with van der Waals surface area (Å²) in [4.78, 5) is 28.4.